The molecule has 1 saturated heterocycles. The van der Waals surface area contributed by atoms with Gasteiger partial charge in [-0.25, -0.2) is 8.42 Å². The van der Waals surface area contributed by atoms with Gasteiger partial charge in [0.25, 0.3) is 10.0 Å². The van der Waals surface area contributed by atoms with Crippen LogP contribution in [0.2, 0.25) is 0 Å². The van der Waals surface area contributed by atoms with Crippen LogP contribution in [0.15, 0.2) is 71.6 Å². The topological polar surface area (TPSA) is 145 Å². The molecule has 0 atom stereocenters. The number of anilines is 1. The van der Waals surface area contributed by atoms with E-state index >= 15 is 0 Å². The molecule has 0 aliphatic carbocycles. The number of hydrogen-bond acceptors (Lipinski definition) is 6. The lowest BCUT2D eigenvalue weighted by molar-refractivity contribution is 0.131. The molecule has 5 N–H and O–H groups in total. The molecule has 0 saturated carbocycles. The maximum absolute atomic E-state index is 13.0. The zero-order valence-electron chi connectivity index (χ0n) is 22.4. The summed E-state index contributed by atoms with van der Waals surface area (Å²) in [5, 5.41) is 16.2. The Morgan fingerprint density at radius 3 is 2.23 bits per heavy atom. The number of benzene rings is 3. The summed E-state index contributed by atoms with van der Waals surface area (Å²) in [7, 11) is -2.17. The van der Waals surface area contributed by atoms with Gasteiger partial charge in [0, 0.05) is 50.3 Å². The Morgan fingerprint density at radius 1 is 0.900 bits per heavy atom. The fraction of sp³-hybridized carbons (Fsp3) is 0.310. The van der Waals surface area contributed by atoms with Crippen LogP contribution >= 0.6 is 0 Å². The molecular weight excluding hydrogens is 528 g/mol. The van der Waals surface area contributed by atoms with Gasteiger partial charge in [-0.05, 0) is 78.2 Å². The summed E-state index contributed by atoms with van der Waals surface area (Å²) in [6, 6.07) is 19.4. The smallest absolute Gasteiger partial charge is 0.261 e. The number of rotatable bonds is 7. The Kier molecular flexibility index (Phi) is 7.83. The Labute approximate surface area is 234 Å². The van der Waals surface area contributed by atoms with Crippen LogP contribution in [-0.4, -0.2) is 62.9 Å². The first-order chi connectivity index (χ1) is 19.2. The van der Waals surface area contributed by atoms with Crippen molar-refractivity contribution < 1.29 is 17.9 Å². The van der Waals surface area contributed by atoms with Crippen LogP contribution < -0.4 is 19.9 Å². The number of guanidine groups is 1. The third kappa shape index (κ3) is 6.15. The van der Waals surface area contributed by atoms with E-state index in [1.54, 1.807) is 48.4 Å². The molecule has 210 valence electrons. The molecular formula is C29H34N6O4S. The second-order valence-corrected chi connectivity index (χ2v) is 11.7. The molecule has 0 spiro atoms. The number of nitrogens with two attached hydrogens (primary N) is 1. The number of sulfonamides is 1. The van der Waals surface area contributed by atoms with Crippen LogP contribution in [0.1, 0.15) is 29.5 Å². The van der Waals surface area contributed by atoms with E-state index in [9.17, 15) is 8.42 Å². The molecule has 0 aromatic heterocycles. The molecule has 40 heavy (non-hydrogen) atoms. The van der Waals surface area contributed by atoms with Gasteiger partial charge in [0.2, 0.25) is 0 Å². The summed E-state index contributed by atoms with van der Waals surface area (Å²) >= 11 is 0. The van der Waals surface area contributed by atoms with Gasteiger partial charge in [0.05, 0.1) is 12.0 Å². The van der Waals surface area contributed by atoms with Crippen molar-refractivity contribution in [2.75, 3.05) is 31.5 Å². The van der Waals surface area contributed by atoms with Crippen LogP contribution in [-0.2, 0) is 23.0 Å². The van der Waals surface area contributed by atoms with Gasteiger partial charge in [0.1, 0.15) is 23.4 Å². The highest BCUT2D eigenvalue weighted by Gasteiger charge is 2.24. The number of likely N-dealkylation sites (tertiary alicyclic amines) is 1. The maximum Gasteiger partial charge on any atom is 0.261 e. The fourth-order valence-electron chi connectivity index (χ4n) is 5.06. The van der Waals surface area contributed by atoms with E-state index in [1.807, 2.05) is 35.2 Å². The molecule has 10 nitrogen and oxygen atoms in total. The quantitative estimate of drug-likeness (QED) is 0.254. The van der Waals surface area contributed by atoms with Crippen LogP contribution in [0.25, 0.3) is 0 Å². The number of nitrogens with zero attached hydrogens (tertiary/aromatic N) is 2. The van der Waals surface area contributed by atoms with Crippen LogP contribution in [0, 0.1) is 10.8 Å². The number of nitrogens with one attached hydrogen (secondary N) is 3. The SMILES string of the molecule is COc1ccc(C(=N)N2CCC(Oc3ccc(S(=O)(=O)Nc4ccc5c(c4)CN(C(=N)N)CC5)cc3)CC2)cc1. The van der Waals surface area contributed by atoms with E-state index in [4.69, 9.17) is 26.0 Å². The number of ether oxygens (including phenoxy) is 2. The summed E-state index contributed by atoms with van der Waals surface area (Å²) in [6.45, 7) is 2.57. The van der Waals surface area contributed by atoms with Crippen LogP contribution in [0.4, 0.5) is 5.69 Å². The van der Waals surface area contributed by atoms with Crippen molar-refractivity contribution >= 4 is 27.5 Å². The van der Waals surface area contributed by atoms with Crippen molar-refractivity contribution in [2.45, 2.75) is 36.8 Å². The van der Waals surface area contributed by atoms with Gasteiger partial charge in [0.15, 0.2) is 5.96 Å². The Hall–Kier alpha value is -4.25. The third-order valence-corrected chi connectivity index (χ3v) is 8.77. The molecule has 0 amide bonds. The lowest BCUT2D eigenvalue weighted by Gasteiger charge is -2.33. The van der Waals surface area contributed by atoms with E-state index < -0.39 is 10.0 Å². The van der Waals surface area contributed by atoms with E-state index in [0.29, 0.717) is 43.5 Å². The summed E-state index contributed by atoms with van der Waals surface area (Å²) < 4.78 is 40.1. The first-order valence-electron chi connectivity index (χ1n) is 13.2. The third-order valence-electron chi connectivity index (χ3n) is 7.37. The van der Waals surface area contributed by atoms with Gasteiger partial charge >= 0.3 is 0 Å². The Morgan fingerprint density at radius 2 is 1.57 bits per heavy atom. The second kappa shape index (κ2) is 11.5. The van der Waals surface area contributed by atoms with Crippen LogP contribution in [0.3, 0.4) is 0 Å². The standard InChI is InChI=1S/C29H34N6O4S/c1-38-24-6-3-21(4-7-24)28(30)34-16-13-26(14-17-34)39-25-8-10-27(11-9-25)40(36,37)33-23-5-2-20-12-15-35(29(31)32)19-22(20)18-23/h2-11,18,26,30,33H,12-17,19H2,1H3,(H3,31,32). The number of methoxy groups -OCH3 is 1. The molecule has 0 unspecified atom stereocenters. The predicted molar refractivity (Wildman–Crippen MR) is 155 cm³/mol. The van der Waals surface area contributed by atoms with Gasteiger partial charge < -0.3 is 25.0 Å². The van der Waals surface area contributed by atoms with Crippen LogP contribution in [0.5, 0.6) is 11.5 Å². The molecule has 0 bridgehead atoms. The Balaban J connectivity index is 1.16. The minimum absolute atomic E-state index is 0.00874. The molecule has 2 aliphatic rings. The second-order valence-electron chi connectivity index (χ2n) is 10.00. The monoisotopic (exact) mass is 562 g/mol. The first-order valence-corrected chi connectivity index (χ1v) is 14.7. The van der Waals surface area contributed by atoms with E-state index in [-0.39, 0.29) is 17.0 Å². The van der Waals surface area contributed by atoms with Crippen molar-refractivity contribution in [3.8, 4) is 11.5 Å². The molecule has 2 heterocycles. The molecule has 3 aromatic rings. The highest BCUT2D eigenvalue weighted by Crippen LogP contribution is 2.26. The summed E-state index contributed by atoms with van der Waals surface area (Å²) in [6.07, 6.45) is 2.28. The number of hydrogen-bond donors (Lipinski definition) is 4. The van der Waals surface area contributed by atoms with E-state index in [1.165, 1.54) is 0 Å². The Bertz CT molecular complexity index is 1480. The van der Waals surface area contributed by atoms with Gasteiger partial charge in [-0.2, -0.15) is 0 Å². The van der Waals surface area contributed by atoms with Gasteiger partial charge in [-0.3, -0.25) is 15.5 Å². The molecule has 0 radical (unpaired) electrons. The predicted octanol–water partition coefficient (Wildman–Crippen LogP) is 3.62. The summed E-state index contributed by atoms with van der Waals surface area (Å²) in [5.41, 5.74) is 9.03. The molecule has 11 heteroatoms. The van der Waals surface area contributed by atoms with Gasteiger partial charge in [-0.1, -0.05) is 6.07 Å². The van der Waals surface area contributed by atoms with Gasteiger partial charge in [-0.15, -0.1) is 0 Å². The fourth-order valence-corrected chi connectivity index (χ4v) is 6.11. The van der Waals surface area contributed by atoms with Crippen molar-refractivity contribution in [3.63, 3.8) is 0 Å². The van der Waals surface area contributed by atoms with Crippen molar-refractivity contribution in [1.82, 2.24) is 9.80 Å². The van der Waals surface area contributed by atoms with Crippen molar-refractivity contribution in [2.24, 2.45) is 5.73 Å². The average molecular weight is 563 g/mol. The summed E-state index contributed by atoms with van der Waals surface area (Å²) in [4.78, 5) is 3.95. The minimum Gasteiger partial charge on any atom is -0.497 e. The zero-order valence-corrected chi connectivity index (χ0v) is 23.2. The first kappa shape index (κ1) is 27.3. The highest BCUT2D eigenvalue weighted by atomic mass is 32.2. The molecule has 5 rings (SSSR count). The lowest BCUT2D eigenvalue weighted by atomic mass is 9.99. The average Bonchev–Trinajstić information content (AvgIpc) is 2.97. The lowest BCUT2D eigenvalue weighted by Crippen LogP contribution is -2.41. The molecule has 2 aliphatic heterocycles. The van der Waals surface area contributed by atoms with Crippen molar-refractivity contribution in [3.05, 3.63) is 83.4 Å². The number of amidine groups is 1. The van der Waals surface area contributed by atoms with Crippen molar-refractivity contribution in [1.29, 1.82) is 10.8 Å². The zero-order chi connectivity index (χ0) is 28.3. The maximum atomic E-state index is 13.0. The molecule has 1 fully saturated rings. The minimum atomic E-state index is -3.79. The normalized spacial score (nSPS) is 15.7. The molecule has 3 aromatic carbocycles. The largest absolute Gasteiger partial charge is 0.497 e. The highest BCUT2D eigenvalue weighted by molar-refractivity contribution is 7.92. The summed E-state index contributed by atoms with van der Waals surface area (Å²) in [5.74, 6) is 1.87. The van der Waals surface area contributed by atoms with E-state index in [0.717, 1.165) is 41.7 Å². The van der Waals surface area contributed by atoms with E-state index in [2.05, 4.69) is 4.72 Å². The number of piperidine rings is 1. The number of fused-ring (bicyclic) bond motifs is 1.